The maximum Gasteiger partial charge on any atom is 0.229 e. The minimum Gasteiger partial charge on any atom is -0.300 e. The Morgan fingerprint density at radius 3 is 2.69 bits per heavy atom. The topological polar surface area (TPSA) is 72.0 Å². The summed E-state index contributed by atoms with van der Waals surface area (Å²) < 4.78 is 0.696. The quantitative estimate of drug-likeness (QED) is 0.442. The highest BCUT2D eigenvalue weighted by Crippen LogP contribution is 2.29. The van der Waals surface area contributed by atoms with Crippen molar-refractivity contribution >= 4 is 39.9 Å². The number of carbonyl (C=O) groups is 2. The molecule has 0 radical (unpaired) electrons. The van der Waals surface area contributed by atoms with Crippen molar-refractivity contribution in [3.05, 3.63) is 34.9 Å². The lowest BCUT2D eigenvalue weighted by Crippen LogP contribution is -2.24. The normalized spacial score (nSPS) is 15.0. The smallest absolute Gasteiger partial charge is 0.229 e. The third-order valence-electron chi connectivity index (χ3n) is 4.62. The van der Waals surface area contributed by atoms with Gasteiger partial charge in [-0.3, -0.25) is 9.59 Å². The molecule has 1 amide bonds. The van der Waals surface area contributed by atoms with Crippen LogP contribution in [0.3, 0.4) is 0 Å². The van der Waals surface area contributed by atoms with E-state index < -0.39 is 0 Å². The van der Waals surface area contributed by atoms with Crippen molar-refractivity contribution in [2.45, 2.75) is 50.3 Å². The van der Waals surface area contributed by atoms with Gasteiger partial charge in [-0.05, 0) is 32.3 Å². The van der Waals surface area contributed by atoms with Crippen LogP contribution in [0.1, 0.15) is 53.6 Å². The number of nitrogens with one attached hydrogen (secondary N) is 1. The molecule has 1 aliphatic rings. The average Bonchev–Trinajstić information content (AvgIpc) is 3.08. The summed E-state index contributed by atoms with van der Waals surface area (Å²) in [4.78, 5) is 24.7. The fraction of sp³-hybridized carbons (Fsp3) is 0.474. The number of aryl methyl sites for hydroxylation is 2. The predicted octanol–water partition coefficient (Wildman–Crippen LogP) is 4.65. The molecular weight excluding hydrogens is 366 g/mol. The molecule has 0 aliphatic heterocycles. The van der Waals surface area contributed by atoms with Crippen molar-refractivity contribution in [1.29, 1.82) is 0 Å². The highest BCUT2D eigenvalue weighted by Gasteiger charge is 2.22. The highest BCUT2D eigenvalue weighted by atomic mass is 32.2. The van der Waals surface area contributed by atoms with Gasteiger partial charge in [0, 0.05) is 11.5 Å². The summed E-state index contributed by atoms with van der Waals surface area (Å²) in [6, 6.07) is 5.85. The molecule has 3 rings (SSSR count). The molecule has 1 fully saturated rings. The van der Waals surface area contributed by atoms with Crippen molar-refractivity contribution in [1.82, 2.24) is 10.2 Å². The number of anilines is 1. The third-order valence-corrected chi connectivity index (χ3v) is 6.59. The number of rotatable bonds is 6. The first kappa shape index (κ1) is 19.0. The van der Waals surface area contributed by atoms with Gasteiger partial charge in [-0.15, -0.1) is 10.2 Å². The first-order valence-electron chi connectivity index (χ1n) is 8.90. The van der Waals surface area contributed by atoms with Gasteiger partial charge in [0.25, 0.3) is 0 Å². The summed E-state index contributed by atoms with van der Waals surface area (Å²) in [7, 11) is 0. The molecular formula is C19H23N3O2S2. The Morgan fingerprint density at radius 1 is 1.19 bits per heavy atom. The number of nitrogens with zero attached hydrogens (tertiary/aromatic N) is 2. The van der Waals surface area contributed by atoms with Crippen LogP contribution in [0.2, 0.25) is 0 Å². The number of ketones is 1. The predicted molar refractivity (Wildman–Crippen MR) is 106 cm³/mol. The summed E-state index contributed by atoms with van der Waals surface area (Å²) in [5.74, 6) is 0.531. The van der Waals surface area contributed by atoms with Crippen LogP contribution in [-0.4, -0.2) is 27.6 Å². The monoisotopic (exact) mass is 389 g/mol. The van der Waals surface area contributed by atoms with E-state index in [0.29, 0.717) is 15.2 Å². The molecule has 1 aromatic carbocycles. The zero-order valence-corrected chi connectivity index (χ0v) is 16.7. The summed E-state index contributed by atoms with van der Waals surface area (Å²) in [6.07, 6.45) is 5.37. The summed E-state index contributed by atoms with van der Waals surface area (Å²) in [5.41, 5.74) is 2.89. The van der Waals surface area contributed by atoms with Crippen LogP contribution in [0.5, 0.6) is 0 Å². The average molecular weight is 390 g/mol. The fourth-order valence-corrected chi connectivity index (χ4v) is 4.86. The molecule has 5 nitrogen and oxygen atoms in total. The van der Waals surface area contributed by atoms with Crippen molar-refractivity contribution < 1.29 is 9.59 Å². The number of thioether (sulfide) groups is 1. The molecule has 0 unspecified atom stereocenters. The van der Waals surface area contributed by atoms with Gasteiger partial charge in [-0.25, -0.2) is 0 Å². The number of benzene rings is 1. The molecule has 0 spiro atoms. The Hall–Kier alpha value is -1.73. The van der Waals surface area contributed by atoms with Gasteiger partial charge in [-0.2, -0.15) is 0 Å². The van der Waals surface area contributed by atoms with Gasteiger partial charge in [0.05, 0.1) is 5.75 Å². The lowest BCUT2D eigenvalue weighted by atomic mass is 9.89. The summed E-state index contributed by atoms with van der Waals surface area (Å²) >= 11 is 2.69. The van der Waals surface area contributed by atoms with E-state index in [1.807, 2.05) is 32.0 Å². The van der Waals surface area contributed by atoms with Crippen LogP contribution in [0.15, 0.2) is 22.5 Å². The molecule has 26 heavy (non-hydrogen) atoms. The first-order chi connectivity index (χ1) is 12.5. The lowest BCUT2D eigenvalue weighted by molar-refractivity contribution is -0.120. The molecule has 0 bridgehead atoms. The van der Waals surface area contributed by atoms with Crippen molar-refractivity contribution in [3.63, 3.8) is 0 Å². The van der Waals surface area contributed by atoms with E-state index in [2.05, 4.69) is 15.5 Å². The number of aromatic nitrogens is 2. The number of hydrogen-bond acceptors (Lipinski definition) is 6. The van der Waals surface area contributed by atoms with Crippen molar-refractivity contribution in [2.24, 2.45) is 5.92 Å². The van der Waals surface area contributed by atoms with E-state index in [9.17, 15) is 9.59 Å². The molecule has 1 aromatic heterocycles. The molecule has 1 saturated carbocycles. The summed E-state index contributed by atoms with van der Waals surface area (Å²) in [5, 5.41) is 11.5. The SMILES string of the molecule is Cc1ccc(C(=O)CSc2nnc(NC(=O)C3CCCCC3)s2)c(C)c1. The molecule has 138 valence electrons. The van der Waals surface area contributed by atoms with Crippen LogP contribution in [0, 0.1) is 19.8 Å². The molecule has 0 saturated heterocycles. The highest BCUT2D eigenvalue weighted by molar-refractivity contribution is 8.01. The van der Waals surface area contributed by atoms with E-state index >= 15 is 0 Å². The standard InChI is InChI=1S/C19H23N3O2S2/c1-12-8-9-15(13(2)10-12)16(23)11-25-19-22-21-18(26-19)20-17(24)14-6-4-3-5-7-14/h8-10,14H,3-7,11H2,1-2H3,(H,20,21,24). The number of carbonyl (C=O) groups excluding carboxylic acids is 2. The maximum atomic E-state index is 12.4. The van der Waals surface area contributed by atoms with E-state index in [1.54, 1.807) is 0 Å². The van der Waals surface area contributed by atoms with Crippen molar-refractivity contribution in [3.8, 4) is 0 Å². The summed E-state index contributed by atoms with van der Waals surface area (Å²) in [6.45, 7) is 3.97. The second-order valence-electron chi connectivity index (χ2n) is 6.73. The van der Waals surface area contributed by atoms with Gasteiger partial charge >= 0.3 is 0 Å². The zero-order valence-electron chi connectivity index (χ0n) is 15.1. The van der Waals surface area contributed by atoms with Gasteiger partial charge in [0.2, 0.25) is 11.0 Å². The largest absolute Gasteiger partial charge is 0.300 e. The Labute approximate surface area is 162 Å². The molecule has 1 N–H and O–H groups in total. The van der Waals surface area contributed by atoms with E-state index in [1.165, 1.54) is 29.5 Å². The molecule has 1 heterocycles. The molecule has 7 heteroatoms. The zero-order chi connectivity index (χ0) is 18.5. The fourth-order valence-electron chi connectivity index (χ4n) is 3.22. The van der Waals surface area contributed by atoms with Gasteiger partial charge in [0.15, 0.2) is 10.1 Å². The Morgan fingerprint density at radius 2 is 1.96 bits per heavy atom. The van der Waals surface area contributed by atoms with Gasteiger partial charge in [-0.1, -0.05) is 66.1 Å². The minimum absolute atomic E-state index is 0.0451. The Balaban J connectivity index is 1.53. The van der Waals surface area contributed by atoms with E-state index in [-0.39, 0.29) is 17.6 Å². The van der Waals surface area contributed by atoms with Gasteiger partial charge < -0.3 is 5.32 Å². The Kier molecular flexibility index (Phi) is 6.43. The van der Waals surface area contributed by atoms with Crippen LogP contribution in [0.25, 0.3) is 0 Å². The first-order valence-corrected chi connectivity index (χ1v) is 10.7. The molecule has 0 atom stereocenters. The second kappa shape index (κ2) is 8.77. The van der Waals surface area contributed by atoms with E-state index in [0.717, 1.165) is 42.4 Å². The number of hydrogen-bond donors (Lipinski definition) is 1. The third kappa shape index (κ3) is 4.92. The molecule has 1 aliphatic carbocycles. The Bertz CT molecular complexity index is 798. The molecule has 2 aromatic rings. The van der Waals surface area contributed by atoms with Crippen LogP contribution in [0.4, 0.5) is 5.13 Å². The lowest BCUT2D eigenvalue weighted by Gasteiger charge is -2.19. The van der Waals surface area contributed by atoms with Crippen molar-refractivity contribution in [2.75, 3.05) is 11.1 Å². The second-order valence-corrected chi connectivity index (χ2v) is 8.93. The van der Waals surface area contributed by atoms with Gasteiger partial charge in [0.1, 0.15) is 0 Å². The minimum atomic E-state index is 0.0451. The number of amides is 1. The van der Waals surface area contributed by atoms with Crippen LogP contribution in [-0.2, 0) is 4.79 Å². The maximum absolute atomic E-state index is 12.4. The van der Waals surface area contributed by atoms with Crippen LogP contribution >= 0.6 is 23.1 Å². The van der Waals surface area contributed by atoms with E-state index in [4.69, 9.17) is 0 Å². The number of Topliss-reactive ketones (excluding diaryl/α,β-unsaturated/α-hetero) is 1. The van der Waals surface area contributed by atoms with Crippen LogP contribution < -0.4 is 5.32 Å².